The quantitative estimate of drug-likeness (QED) is 0.812. The van der Waals surface area contributed by atoms with Crippen LogP contribution in [0.4, 0.5) is 13.2 Å². The molecular formula is C12H11F3OS. The predicted molar refractivity (Wildman–Crippen MR) is 63.5 cm³/mol. The van der Waals surface area contributed by atoms with Crippen LogP contribution in [0.2, 0.25) is 0 Å². The van der Waals surface area contributed by atoms with Crippen LogP contribution in [0.25, 0.3) is 6.08 Å². The van der Waals surface area contributed by atoms with Crippen LogP contribution >= 0.6 is 11.8 Å². The molecule has 0 spiro atoms. The SMILES string of the molecule is CC(=O)SCC=Cc1ccc(C(F)F)c(F)c1. The van der Waals surface area contributed by atoms with Gasteiger partial charge in [0.25, 0.3) is 6.43 Å². The molecule has 0 unspecified atom stereocenters. The fourth-order valence-corrected chi connectivity index (χ4v) is 1.60. The highest BCUT2D eigenvalue weighted by molar-refractivity contribution is 8.13. The Morgan fingerprint density at radius 3 is 2.71 bits per heavy atom. The minimum atomic E-state index is -2.80. The van der Waals surface area contributed by atoms with E-state index >= 15 is 0 Å². The first kappa shape index (κ1) is 13.8. The highest BCUT2D eigenvalue weighted by atomic mass is 32.2. The Morgan fingerprint density at radius 2 is 2.18 bits per heavy atom. The molecule has 92 valence electrons. The van der Waals surface area contributed by atoms with Gasteiger partial charge in [-0.05, 0) is 17.7 Å². The number of thioether (sulfide) groups is 1. The lowest BCUT2D eigenvalue weighted by molar-refractivity contribution is -0.109. The summed E-state index contributed by atoms with van der Waals surface area (Å²) in [4.78, 5) is 10.6. The smallest absolute Gasteiger partial charge is 0.266 e. The number of halogens is 3. The van der Waals surface area contributed by atoms with E-state index in [1.807, 2.05) is 0 Å². The molecule has 0 fully saturated rings. The van der Waals surface area contributed by atoms with Gasteiger partial charge in [0, 0.05) is 12.7 Å². The van der Waals surface area contributed by atoms with Gasteiger partial charge < -0.3 is 0 Å². The molecule has 0 aliphatic rings. The molecule has 0 aromatic heterocycles. The summed E-state index contributed by atoms with van der Waals surface area (Å²) in [6.45, 7) is 1.45. The average molecular weight is 260 g/mol. The zero-order valence-electron chi connectivity index (χ0n) is 9.12. The van der Waals surface area contributed by atoms with Gasteiger partial charge >= 0.3 is 0 Å². The molecule has 17 heavy (non-hydrogen) atoms. The summed E-state index contributed by atoms with van der Waals surface area (Å²) in [5.74, 6) is -0.436. The number of carbonyl (C=O) groups is 1. The molecule has 0 saturated carbocycles. The number of alkyl halides is 2. The zero-order valence-corrected chi connectivity index (χ0v) is 9.94. The highest BCUT2D eigenvalue weighted by Crippen LogP contribution is 2.23. The Labute approximate surface area is 102 Å². The molecule has 0 heterocycles. The van der Waals surface area contributed by atoms with Crippen molar-refractivity contribution in [3.05, 3.63) is 41.2 Å². The first-order chi connectivity index (χ1) is 8.00. The first-order valence-electron chi connectivity index (χ1n) is 4.88. The summed E-state index contributed by atoms with van der Waals surface area (Å²) in [6, 6.07) is 3.54. The maximum atomic E-state index is 13.2. The number of rotatable bonds is 4. The van der Waals surface area contributed by atoms with E-state index in [1.54, 1.807) is 12.2 Å². The molecule has 0 aliphatic carbocycles. The summed E-state index contributed by atoms with van der Waals surface area (Å²) in [7, 11) is 0. The predicted octanol–water partition coefficient (Wildman–Crippen LogP) is 4.06. The Balaban J connectivity index is 2.67. The molecule has 0 atom stereocenters. The zero-order chi connectivity index (χ0) is 12.8. The second-order valence-electron chi connectivity index (χ2n) is 3.29. The van der Waals surface area contributed by atoms with Gasteiger partial charge in [-0.2, -0.15) is 0 Å². The van der Waals surface area contributed by atoms with Crippen LogP contribution in [-0.4, -0.2) is 10.9 Å². The minimum absolute atomic E-state index is 0.00567. The lowest BCUT2D eigenvalue weighted by Crippen LogP contribution is -1.90. The van der Waals surface area contributed by atoms with Crippen LogP contribution in [0.5, 0.6) is 0 Å². The lowest BCUT2D eigenvalue weighted by atomic mass is 10.1. The molecule has 0 amide bonds. The Kier molecular flexibility index (Phi) is 5.28. The van der Waals surface area contributed by atoms with Crippen molar-refractivity contribution in [1.82, 2.24) is 0 Å². The maximum absolute atomic E-state index is 13.2. The average Bonchev–Trinajstić information content (AvgIpc) is 2.23. The van der Waals surface area contributed by atoms with Crippen LogP contribution in [0.15, 0.2) is 24.3 Å². The molecule has 1 nitrogen and oxygen atoms in total. The monoisotopic (exact) mass is 260 g/mol. The lowest BCUT2D eigenvalue weighted by Gasteiger charge is -2.02. The van der Waals surface area contributed by atoms with Crippen molar-refractivity contribution >= 4 is 23.0 Å². The van der Waals surface area contributed by atoms with E-state index in [1.165, 1.54) is 13.0 Å². The topological polar surface area (TPSA) is 17.1 Å². The summed E-state index contributed by atoms with van der Waals surface area (Å²) in [6.07, 6.45) is 0.471. The Bertz CT molecular complexity index is 430. The standard InChI is InChI=1S/C12H11F3OS/c1-8(16)17-6-2-3-9-4-5-10(12(14)15)11(13)7-9/h2-5,7,12H,6H2,1H3. The van der Waals surface area contributed by atoms with E-state index in [9.17, 15) is 18.0 Å². The van der Waals surface area contributed by atoms with Gasteiger partial charge in [0.05, 0.1) is 5.56 Å². The van der Waals surface area contributed by atoms with Gasteiger partial charge in [0.1, 0.15) is 5.82 Å². The van der Waals surface area contributed by atoms with Crippen molar-refractivity contribution < 1.29 is 18.0 Å². The summed E-state index contributed by atoms with van der Waals surface area (Å²) >= 11 is 1.12. The molecule has 5 heteroatoms. The first-order valence-corrected chi connectivity index (χ1v) is 5.86. The van der Waals surface area contributed by atoms with Crippen LogP contribution < -0.4 is 0 Å². The molecule has 0 N–H and O–H groups in total. The normalized spacial score (nSPS) is 11.4. The molecule has 1 rings (SSSR count). The van der Waals surface area contributed by atoms with Gasteiger partial charge in [-0.15, -0.1) is 0 Å². The second-order valence-corrected chi connectivity index (χ2v) is 4.48. The number of hydrogen-bond donors (Lipinski definition) is 0. The van der Waals surface area contributed by atoms with Crippen molar-refractivity contribution in [3.8, 4) is 0 Å². The van der Waals surface area contributed by atoms with E-state index in [-0.39, 0.29) is 5.12 Å². The van der Waals surface area contributed by atoms with Crippen LogP contribution in [0, 0.1) is 5.82 Å². The number of hydrogen-bond acceptors (Lipinski definition) is 2. The van der Waals surface area contributed by atoms with Gasteiger partial charge in [-0.25, -0.2) is 13.2 Å². The van der Waals surface area contributed by atoms with E-state index < -0.39 is 17.8 Å². The summed E-state index contributed by atoms with van der Waals surface area (Å²) in [5.41, 5.74) is -0.101. The molecule has 0 bridgehead atoms. The highest BCUT2D eigenvalue weighted by Gasteiger charge is 2.12. The van der Waals surface area contributed by atoms with E-state index in [0.717, 1.165) is 23.9 Å². The van der Waals surface area contributed by atoms with Crippen molar-refractivity contribution in [3.63, 3.8) is 0 Å². The van der Waals surface area contributed by atoms with Gasteiger partial charge in [-0.1, -0.05) is 30.0 Å². The van der Waals surface area contributed by atoms with E-state index in [0.29, 0.717) is 11.3 Å². The van der Waals surface area contributed by atoms with Gasteiger partial charge in [0.2, 0.25) is 0 Å². The largest absolute Gasteiger partial charge is 0.288 e. The van der Waals surface area contributed by atoms with E-state index in [2.05, 4.69) is 0 Å². The molecular weight excluding hydrogens is 249 g/mol. The fourth-order valence-electron chi connectivity index (χ4n) is 1.17. The fraction of sp³-hybridized carbons (Fsp3) is 0.250. The second kappa shape index (κ2) is 6.49. The van der Waals surface area contributed by atoms with Crippen LogP contribution in [0.3, 0.4) is 0 Å². The third-order valence-corrected chi connectivity index (χ3v) is 2.72. The third kappa shape index (κ3) is 4.65. The summed E-state index contributed by atoms with van der Waals surface area (Å²) < 4.78 is 37.7. The third-order valence-electron chi connectivity index (χ3n) is 1.95. The Morgan fingerprint density at radius 1 is 1.47 bits per heavy atom. The molecule has 0 saturated heterocycles. The van der Waals surface area contributed by atoms with Crippen molar-refractivity contribution in [2.24, 2.45) is 0 Å². The summed E-state index contributed by atoms with van der Waals surface area (Å²) in [5, 5.41) is -0.00567. The minimum Gasteiger partial charge on any atom is -0.288 e. The maximum Gasteiger partial charge on any atom is 0.266 e. The molecule has 1 aromatic carbocycles. The number of benzene rings is 1. The van der Waals surface area contributed by atoms with E-state index in [4.69, 9.17) is 0 Å². The van der Waals surface area contributed by atoms with Crippen molar-refractivity contribution in [2.75, 3.05) is 5.75 Å². The molecule has 0 radical (unpaired) electrons. The molecule has 0 aliphatic heterocycles. The number of carbonyl (C=O) groups excluding carboxylic acids is 1. The van der Waals surface area contributed by atoms with Crippen LogP contribution in [-0.2, 0) is 4.79 Å². The molecule has 1 aromatic rings. The van der Waals surface area contributed by atoms with Gasteiger partial charge in [0.15, 0.2) is 5.12 Å². The van der Waals surface area contributed by atoms with Crippen LogP contribution in [0.1, 0.15) is 24.5 Å². The van der Waals surface area contributed by atoms with Crippen molar-refractivity contribution in [2.45, 2.75) is 13.3 Å². The van der Waals surface area contributed by atoms with Gasteiger partial charge in [-0.3, -0.25) is 4.79 Å². The Hall–Kier alpha value is -1.23. The van der Waals surface area contributed by atoms with Crippen molar-refractivity contribution in [1.29, 1.82) is 0 Å².